The van der Waals surface area contributed by atoms with Gasteiger partial charge in [0.05, 0.1) is 14.2 Å². The molecule has 0 fully saturated rings. The first-order chi connectivity index (χ1) is 9.71. The summed E-state index contributed by atoms with van der Waals surface area (Å²) >= 11 is 0. The van der Waals surface area contributed by atoms with Crippen LogP contribution in [0.1, 0.15) is 21.9 Å². The fraction of sp³-hybridized carbons (Fsp3) is 0.267. The molecule has 0 saturated heterocycles. The van der Waals surface area contributed by atoms with E-state index in [9.17, 15) is 4.79 Å². The fourth-order valence-corrected chi connectivity index (χ4v) is 1.92. The second-order valence-electron chi connectivity index (χ2n) is 4.07. The maximum Gasteiger partial charge on any atom is 0.235 e. The predicted octanol–water partition coefficient (Wildman–Crippen LogP) is 2.67. The minimum Gasteiger partial charge on any atom is -0.496 e. The van der Waals surface area contributed by atoms with Gasteiger partial charge < -0.3 is 18.6 Å². The Morgan fingerprint density at radius 3 is 2.25 bits per heavy atom. The molecule has 0 atom stereocenters. The third kappa shape index (κ3) is 2.67. The van der Waals surface area contributed by atoms with Crippen LogP contribution in [0.15, 0.2) is 34.7 Å². The average Bonchev–Trinajstić information content (AvgIpc) is 2.94. The average molecular weight is 276 g/mol. The number of carbonyl (C=O) groups excluding carboxylic acids is 1. The molecular formula is C15H16O5. The van der Waals surface area contributed by atoms with Gasteiger partial charge in [0.2, 0.25) is 5.78 Å². The van der Waals surface area contributed by atoms with Crippen LogP contribution in [0.3, 0.4) is 0 Å². The van der Waals surface area contributed by atoms with E-state index in [-0.39, 0.29) is 11.5 Å². The Bertz CT molecular complexity index is 578. The Labute approximate surface area is 117 Å². The van der Waals surface area contributed by atoms with Crippen LogP contribution in [-0.2, 0) is 11.3 Å². The maximum absolute atomic E-state index is 12.5. The standard InChI is InChI=1S/C15H16O5/c1-17-9-10-7-8-13(20-10)15(16)14-11(18-2)5-4-6-12(14)19-3/h4-8H,9H2,1-3H3. The van der Waals surface area contributed by atoms with Crippen LogP contribution in [0, 0.1) is 0 Å². The largest absolute Gasteiger partial charge is 0.496 e. The molecule has 0 unspecified atom stereocenters. The van der Waals surface area contributed by atoms with Crippen LogP contribution in [0.25, 0.3) is 0 Å². The number of rotatable bonds is 6. The molecule has 20 heavy (non-hydrogen) atoms. The summed E-state index contributed by atoms with van der Waals surface area (Å²) in [4.78, 5) is 12.5. The van der Waals surface area contributed by atoms with Crippen molar-refractivity contribution >= 4 is 5.78 Å². The van der Waals surface area contributed by atoms with Crippen LogP contribution >= 0.6 is 0 Å². The Morgan fingerprint density at radius 2 is 1.70 bits per heavy atom. The van der Waals surface area contributed by atoms with Gasteiger partial charge in [-0.2, -0.15) is 0 Å². The molecular weight excluding hydrogens is 260 g/mol. The van der Waals surface area contributed by atoms with Gasteiger partial charge >= 0.3 is 0 Å². The first-order valence-electron chi connectivity index (χ1n) is 6.04. The Hall–Kier alpha value is -2.27. The van der Waals surface area contributed by atoms with Crippen molar-refractivity contribution in [3.8, 4) is 11.5 Å². The van der Waals surface area contributed by atoms with Crippen molar-refractivity contribution in [1.82, 2.24) is 0 Å². The SMILES string of the molecule is COCc1ccc(C(=O)c2c(OC)cccc2OC)o1. The number of ketones is 1. The van der Waals surface area contributed by atoms with Gasteiger partial charge in [0, 0.05) is 7.11 Å². The number of ether oxygens (including phenoxy) is 3. The van der Waals surface area contributed by atoms with E-state index in [4.69, 9.17) is 18.6 Å². The monoisotopic (exact) mass is 276 g/mol. The summed E-state index contributed by atoms with van der Waals surface area (Å²) in [5, 5.41) is 0. The zero-order valence-electron chi connectivity index (χ0n) is 11.6. The highest BCUT2D eigenvalue weighted by atomic mass is 16.5. The Balaban J connectivity index is 2.41. The van der Waals surface area contributed by atoms with E-state index in [1.807, 2.05) is 0 Å². The number of furan rings is 1. The highest BCUT2D eigenvalue weighted by Gasteiger charge is 2.22. The van der Waals surface area contributed by atoms with Crippen LogP contribution in [0.2, 0.25) is 0 Å². The zero-order valence-corrected chi connectivity index (χ0v) is 11.6. The first kappa shape index (κ1) is 14.1. The molecule has 0 aliphatic heterocycles. The molecule has 0 aliphatic rings. The highest BCUT2D eigenvalue weighted by molar-refractivity contribution is 6.10. The maximum atomic E-state index is 12.5. The van der Waals surface area contributed by atoms with Gasteiger partial charge in [-0.3, -0.25) is 4.79 Å². The molecule has 5 nitrogen and oxygen atoms in total. The predicted molar refractivity (Wildman–Crippen MR) is 72.4 cm³/mol. The normalized spacial score (nSPS) is 10.3. The molecule has 1 aromatic heterocycles. The molecule has 1 aromatic carbocycles. The van der Waals surface area contributed by atoms with E-state index in [1.165, 1.54) is 14.2 Å². The van der Waals surface area contributed by atoms with E-state index in [1.54, 1.807) is 37.4 Å². The van der Waals surface area contributed by atoms with Crippen molar-refractivity contribution in [3.05, 3.63) is 47.4 Å². The summed E-state index contributed by atoms with van der Waals surface area (Å²) in [7, 11) is 4.57. The fourth-order valence-electron chi connectivity index (χ4n) is 1.92. The molecule has 0 radical (unpaired) electrons. The number of hydrogen-bond acceptors (Lipinski definition) is 5. The van der Waals surface area contributed by atoms with Gasteiger partial charge in [-0.1, -0.05) is 6.07 Å². The van der Waals surface area contributed by atoms with E-state index in [0.29, 0.717) is 29.4 Å². The zero-order chi connectivity index (χ0) is 14.5. The molecule has 2 rings (SSSR count). The van der Waals surface area contributed by atoms with E-state index >= 15 is 0 Å². The van der Waals surface area contributed by atoms with Crippen molar-refractivity contribution in [2.45, 2.75) is 6.61 Å². The lowest BCUT2D eigenvalue weighted by Gasteiger charge is -2.10. The summed E-state index contributed by atoms with van der Waals surface area (Å²) in [6.45, 7) is 0.316. The lowest BCUT2D eigenvalue weighted by molar-refractivity contribution is 0.0994. The number of benzene rings is 1. The Kier molecular flexibility index (Phi) is 4.42. The lowest BCUT2D eigenvalue weighted by Crippen LogP contribution is -2.05. The molecule has 0 spiro atoms. The van der Waals surface area contributed by atoms with Crippen LogP contribution in [0.5, 0.6) is 11.5 Å². The third-order valence-corrected chi connectivity index (χ3v) is 2.83. The smallest absolute Gasteiger partial charge is 0.235 e. The number of carbonyl (C=O) groups is 1. The quantitative estimate of drug-likeness (QED) is 0.759. The third-order valence-electron chi connectivity index (χ3n) is 2.83. The molecule has 0 saturated carbocycles. The second kappa shape index (κ2) is 6.25. The minimum atomic E-state index is -0.290. The van der Waals surface area contributed by atoms with Crippen molar-refractivity contribution in [3.63, 3.8) is 0 Å². The summed E-state index contributed by atoms with van der Waals surface area (Å²) in [6, 6.07) is 8.48. The number of hydrogen-bond donors (Lipinski definition) is 0. The van der Waals surface area contributed by atoms with E-state index < -0.39 is 0 Å². The molecule has 5 heteroatoms. The lowest BCUT2D eigenvalue weighted by atomic mass is 10.1. The minimum absolute atomic E-state index is 0.222. The van der Waals surface area contributed by atoms with Gasteiger partial charge in [0.1, 0.15) is 29.4 Å². The summed E-state index contributed by atoms with van der Waals surface area (Å²) in [5.41, 5.74) is 0.343. The molecule has 1 heterocycles. The molecule has 0 aliphatic carbocycles. The van der Waals surface area contributed by atoms with Gasteiger partial charge in [0.25, 0.3) is 0 Å². The van der Waals surface area contributed by atoms with Crippen LogP contribution in [0.4, 0.5) is 0 Å². The molecule has 0 bridgehead atoms. The molecule has 0 amide bonds. The van der Waals surface area contributed by atoms with Gasteiger partial charge in [-0.05, 0) is 24.3 Å². The van der Waals surface area contributed by atoms with Crippen molar-refractivity contribution in [1.29, 1.82) is 0 Å². The summed E-state index contributed by atoms with van der Waals surface area (Å²) in [6.07, 6.45) is 0. The van der Waals surface area contributed by atoms with E-state index in [0.717, 1.165) is 0 Å². The van der Waals surface area contributed by atoms with Crippen molar-refractivity contribution < 1.29 is 23.4 Å². The Morgan fingerprint density at radius 1 is 1.05 bits per heavy atom. The summed E-state index contributed by atoms with van der Waals surface area (Å²) < 4.78 is 20.9. The summed E-state index contributed by atoms with van der Waals surface area (Å²) in [5.74, 6) is 1.41. The highest BCUT2D eigenvalue weighted by Crippen LogP contribution is 2.31. The first-order valence-corrected chi connectivity index (χ1v) is 6.04. The molecule has 0 N–H and O–H groups in total. The van der Waals surface area contributed by atoms with Crippen molar-refractivity contribution in [2.75, 3.05) is 21.3 Å². The van der Waals surface area contributed by atoms with Gasteiger partial charge in [0.15, 0.2) is 5.76 Å². The van der Waals surface area contributed by atoms with Crippen LogP contribution in [-0.4, -0.2) is 27.1 Å². The molecule has 2 aromatic rings. The second-order valence-corrected chi connectivity index (χ2v) is 4.07. The van der Waals surface area contributed by atoms with E-state index in [2.05, 4.69) is 0 Å². The van der Waals surface area contributed by atoms with Gasteiger partial charge in [-0.15, -0.1) is 0 Å². The topological polar surface area (TPSA) is 57.9 Å². The number of methoxy groups -OCH3 is 3. The van der Waals surface area contributed by atoms with Crippen LogP contribution < -0.4 is 9.47 Å². The van der Waals surface area contributed by atoms with Gasteiger partial charge in [-0.25, -0.2) is 0 Å². The van der Waals surface area contributed by atoms with Crippen molar-refractivity contribution in [2.24, 2.45) is 0 Å². The molecule has 106 valence electrons.